The van der Waals surface area contributed by atoms with Crippen molar-refractivity contribution in [2.24, 2.45) is 0 Å². The Kier molecular flexibility index (Phi) is 5.35. The first-order valence-electron chi connectivity index (χ1n) is 8.30. The second kappa shape index (κ2) is 7.67. The molecule has 1 aliphatic rings. The molecule has 0 atom stereocenters. The average molecular weight is 361 g/mol. The van der Waals surface area contributed by atoms with Crippen LogP contribution in [0.2, 0.25) is 0 Å². The zero-order chi connectivity index (χ0) is 16.4. The van der Waals surface area contributed by atoms with Gasteiger partial charge in [0.15, 0.2) is 5.69 Å². The van der Waals surface area contributed by atoms with Gasteiger partial charge >= 0.3 is 0 Å². The number of aromatic nitrogens is 4. The monoisotopic (exact) mass is 360 g/mol. The third-order valence-electron chi connectivity index (χ3n) is 4.34. The summed E-state index contributed by atoms with van der Waals surface area (Å²) in [7, 11) is 0. The number of nitrogens with zero attached hydrogens (tertiary/aromatic N) is 2. The number of halogens is 1. The van der Waals surface area contributed by atoms with Crippen LogP contribution in [0.3, 0.4) is 0 Å². The van der Waals surface area contributed by atoms with Crippen LogP contribution in [-0.2, 0) is 19.4 Å². The number of amides is 1. The van der Waals surface area contributed by atoms with Crippen molar-refractivity contribution in [3.05, 3.63) is 47.0 Å². The first kappa shape index (κ1) is 17.4. The van der Waals surface area contributed by atoms with Gasteiger partial charge in [0, 0.05) is 43.7 Å². The predicted molar refractivity (Wildman–Crippen MR) is 98.0 cm³/mol. The summed E-state index contributed by atoms with van der Waals surface area (Å²) in [6.07, 6.45) is 2.52. The minimum atomic E-state index is -0.110. The first-order valence-corrected chi connectivity index (χ1v) is 8.30. The number of para-hydroxylation sites is 2. The molecule has 0 fully saturated rings. The molecule has 0 spiro atoms. The van der Waals surface area contributed by atoms with Gasteiger partial charge in [-0.2, -0.15) is 5.10 Å². The van der Waals surface area contributed by atoms with Gasteiger partial charge in [0.2, 0.25) is 0 Å². The van der Waals surface area contributed by atoms with E-state index in [1.807, 2.05) is 24.3 Å². The highest BCUT2D eigenvalue weighted by atomic mass is 35.5. The number of H-pyrrole nitrogens is 2. The molecule has 132 valence electrons. The van der Waals surface area contributed by atoms with Crippen LogP contribution in [0.1, 0.15) is 34.0 Å². The van der Waals surface area contributed by atoms with Crippen LogP contribution < -0.4 is 10.6 Å². The lowest BCUT2D eigenvalue weighted by molar-refractivity contribution is 0.0947. The third-order valence-corrected chi connectivity index (χ3v) is 4.34. The molecule has 0 radical (unpaired) electrons. The zero-order valence-corrected chi connectivity index (χ0v) is 14.6. The van der Waals surface area contributed by atoms with Crippen molar-refractivity contribution in [3.63, 3.8) is 0 Å². The second-order valence-electron chi connectivity index (χ2n) is 6.02. The molecule has 25 heavy (non-hydrogen) atoms. The Labute approximate surface area is 151 Å². The number of aryl methyl sites for hydroxylation is 1. The number of aromatic amines is 2. The molecular formula is C17H21ClN6O. The van der Waals surface area contributed by atoms with Gasteiger partial charge in [0.1, 0.15) is 5.82 Å². The molecule has 0 aliphatic carbocycles. The van der Waals surface area contributed by atoms with Gasteiger partial charge in [-0.1, -0.05) is 12.1 Å². The average Bonchev–Trinajstić information content (AvgIpc) is 3.22. The highest BCUT2D eigenvalue weighted by molar-refractivity contribution is 5.94. The zero-order valence-electron chi connectivity index (χ0n) is 13.8. The van der Waals surface area contributed by atoms with Gasteiger partial charge in [0.05, 0.1) is 11.0 Å². The molecule has 4 N–H and O–H groups in total. The number of benzene rings is 1. The Morgan fingerprint density at radius 3 is 3.04 bits per heavy atom. The fourth-order valence-electron chi connectivity index (χ4n) is 3.08. The summed E-state index contributed by atoms with van der Waals surface area (Å²) in [5, 5.41) is 13.4. The lowest BCUT2D eigenvalue weighted by Gasteiger charge is -2.12. The van der Waals surface area contributed by atoms with Crippen molar-refractivity contribution in [1.82, 2.24) is 30.8 Å². The fraction of sp³-hybridized carbons (Fsp3) is 0.353. The molecule has 8 heteroatoms. The molecule has 1 aromatic carbocycles. The van der Waals surface area contributed by atoms with Crippen LogP contribution in [-0.4, -0.2) is 39.2 Å². The molecule has 1 aliphatic heterocycles. The summed E-state index contributed by atoms with van der Waals surface area (Å²) >= 11 is 0. The van der Waals surface area contributed by atoms with Gasteiger partial charge in [-0.15, -0.1) is 12.4 Å². The van der Waals surface area contributed by atoms with Crippen LogP contribution >= 0.6 is 12.4 Å². The van der Waals surface area contributed by atoms with Crippen molar-refractivity contribution in [1.29, 1.82) is 0 Å². The van der Waals surface area contributed by atoms with Gasteiger partial charge in [-0.3, -0.25) is 9.89 Å². The Morgan fingerprint density at radius 1 is 1.28 bits per heavy atom. The van der Waals surface area contributed by atoms with Crippen LogP contribution in [0.5, 0.6) is 0 Å². The van der Waals surface area contributed by atoms with Crippen LogP contribution in [0.4, 0.5) is 0 Å². The second-order valence-corrected chi connectivity index (χ2v) is 6.02. The van der Waals surface area contributed by atoms with Gasteiger partial charge in [-0.05, 0) is 18.6 Å². The van der Waals surface area contributed by atoms with E-state index in [0.29, 0.717) is 18.8 Å². The number of nitrogens with one attached hydrogen (secondary N) is 4. The van der Waals surface area contributed by atoms with E-state index in [1.165, 1.54) is 0 Å². The Morgan fingerprint density at radius 2 is 2.16 bits per heavy atom. The maximum Gasteiger partial charge on any atom is 0.272 e. The minimum Gasteiger partial charge on any atom is -0.351 e. The van der Waals surface area contributed by atoms with E-state index in [4.69, 9.17) is 0 Å². The third kappa shape index (κ3) is 3.67. The summed E-state index contributed by atoms with van der Waals surface area (Å²) < 4.78 is 0. The largest absolute Gasteiger partial charge is 0.351 e. The standard InChI is InChI=1S/C17H20N6O.ClH/c24-17(16-11-10-18-9-7-12(11)22-23-16)19-8-3-6-15-20-13-4-1-2-5-14(13)21-15;/h1-2,4-5,18H,3,6-10H2,(H,19,24)(H,20,21)(H,22,23);1H. The van der Waals surface area contributed by atoms with E-state index in [1.54, 1.807) is 0 Å². The molecule has 0 saturated heterocycles. The molecule has 2 aromatic heterocycles. The SMILES string of the molecule is Cl.O=C(NCCCc1nc2ccccc2[nH]1)c1n[nH]c2c1CNCC2. The lowest BCUT2D eigenvalue weighted by Crippen LogP contribution is -2.29. The van der Waals surface area contributed by atoms with Gasteiger partial charge in [-0.25, -0.2) is 4.98 Å². The summed E-state index contributed by atoms with van der Waals surface area (Å²) in [6.45, 7) is 2.23. The van der Waals surface area contributed by atoms with Crippen molar-refractivity contribution in [2.75, 3.05) is 13.1 Å². The van der Waals surface area contributed by atoms with Crippen molar-refractivity contribution in [2.45, 2.75) is 25.8 Å². The predicted octanol–water partition coefficient (Wildman–Crippen LogP) is 1.72. The van der Waals surface area contributed by atoms with Crippen LogP contribution in [0.15, 0.2) is 24.3 Å². The molecule has 1 amide bonds. The summed E-state index contributed by atoms with van der Waals surface area (Å²) in [4.78, 5) is 20.1. The van der Waals surface area contributed by atoms with Crippen molar-refractivity contribution in [3.8, 4) is 0 Å². The van der Waals surface area contributed by atoms with Gasteiger partial charge < -0.3 is 15.6 Å². The smallest absolute Gasteiger partial charge is 0.272 e. The summed E-state index contributed by atoms with van der Waals surface area (Å²) in [5.74, 6) is 0.840. The molecule has 3 heterocycles. The quantitative estimate of drug-likeness (QED) is 0.521. The highest BCUT2D eigenvalue weighted by Crippen LogP contribution is 2.15. The maximum absolute atomic E-state index is 12.3. The normalized spacial score (nSPS) is 13.3. The molecular weight excluding hydrogens is 340 g/mol. The van der Waals surface area contributed by atoms with E-state index in [2.05, 4.69) is 30.8 Å². The van der Waals surface area contributed by atoms with Crippen molar-refractivity contribution >= 4 is 29.3 Å². The lowest BCUT2D eigenvalue weighted by atomic mass is 10.1. The van der Waals surface area contributed by atoms with E-state index < -0.39 is 0 Å². The number of carbonyl (C=O) groups is 1. The number of hydrogen-bond donors (Lipinski definition) is 4. The van der Waals surface area contributed by atoms with Crippen LogP contribution in [0.25, 0.3) is 11.0 Å². The van der Waals surface area contributed by atoms with E-state index in [-0.39, 0.29) is 18.3 Å². The number of fused-ring (bicyclic) bond motifs is 2. The maximum atomic E-state index is 12.3. The molecule has 0 unspecified atom stereocenters. The number of rotatable bonds is 5. The molecule has 4 rings (SSSR count). The highest BCUT2D eigenvalue weighted by Gasteiger charge is 2.21. The van der Waals surface area contributed by atoms with E-state index in [9.17, 15) is 4.79 Å². The topological polar surface area (TPSA) is 98.5 Å². The molecule has 7 nitrogen and oxygen atoms in total. The molecule has 3 aromatic rings. The van der Waals surface area contributed by atoms with Crippen LogP contribution in [0, 0.1) is 0 Å². The Bertz CT molecular complexity index is 838. The number of hydrogen-bond acceptors (Lipinski definition) is 4. The van der Waals surface area contributed by atoms with E-state index >= 15 is 0 Å². The molecule has 0 saturated carbocycles. The number of carbonyl (C=O) groups excluding carboxylic acids is 1. The van der Waals surface area contributed by atoms with Gasteiger partial charge in [0.25, 0.3) is 5.91 Å². The minimum absolute atomic E-state index is 0. The van der Waals surface area contributed by atoms with E-state index in [0.717, 1.165) is 53.9 Å². The first-order chi connectivity index (χ1) is 11.8. The Hall–Kier alpha value is -2.38. The summed E-state index contributed by atoms with van der Waals surface area (Å²) in [5.41, 5.74) is 4.61. The Balaban J connectivity index is 0.00000182. The fourth-order valence-corrected chi connectivity index (χ4v) is 3.08. The number of imidazole rings is 1. The summed E-state index contributed by atoms with van der Waals surface area (Å²) in [6, 6.07) is 7.98. The van der Waals surface area contributed by atoms with Crippen molar-refractivity contribution < 1.29 is 4.79 Å². The molecule has 0 bridgehead atoms.